The Morgan fingerprint density at radius 2 is 2.12 bits per heavy atom. The number of thiophene rings is 1. The van der Waals surface area contributed by atoms with Gasteiger partial charge in [0.1, 0.15) is 0 Å². The minimum absolute atomic E-state index is 0.166. The Labute approximate surface area is 160 Å². The third-order valence-electron chi connectivity index (χ3n) is 4.79. The van der Waals surface area contributed by atoms with E-state index in [0.717, 1.165) is 45.0 Å². The lowest BCUT2D eigenvalue weighted by atomic mass is 9.95. The molecule has 2 atom stereocenters. The van der Waals surface area contributed by atoms with E-state index >= 15 is 0 Å². The Bertz CT molecular complexity index is 672. The maximum atomic E-state index is 6.00. The average Bonchev–Trinajstić information content (AvgIpc) is 3.35. The van der Waals surface area contributed by atoms with Crippen LogP contribution in [0.15, 0.2) is 52.8 Å². The molecule has 3 rings (SSSR count). The topological polar surface area (TPSA) is 36.9 Å². The summed E-state index contributed by atoms with van der Waals surface area (Å²) in [5.41, 5.74) is 1.27. The van der Waals surface area contributed by atoms with Gasteiger partial charge in [-0.2, -0.15) is 0 Å². The molecule has 2 heterocycles. The number of nitrogens with one attached hydrogen (secondary N) is 1. The van der Waals surface area contributed by atoms with E-state index < -0.39 is 0 Å². The van der Waals surface area contributed by atoms with E-state index in [1.165, 1.54) is 10.4 Å². The third-order valence-corrected chi connectivity index (χ3v) is 5.72. The van der Waals surface area contributed by atoms with Gasteiger partial charge in [0.25, 0.3) is 0 Å². The zero-order valence-corrected chi connectivity index (χ0v) is 16.5. The Morgan fingerprint density at radius 1 is 1.27 bits per heavy atom. The van der Waals surface area contributed by atoms with Crippen LogP contribution in [0.25, 0.3) is 0 Å². The summed E-state index contributed by atoms with van der Waals surface area (Å²) in [6, 6.07) is 14.8. The molecule has 1 fully saturated rings. The van der Waals surface area contributed by atoms with Crippen molar-refractivity contribution in [1.29, 1.82) is 0 Å². The molecule has 1 aromatic carbocycles. The van der Waals surface area contributed by atoms with E-state index in [9.17, 15) is 0 Å². The summed E-state index contributed by atoms with van der Waals surface area (Å²) < 4.78 is 6.00. The first-order valence-corrected chi connectivity index (χ1v) is 10.3. The van der Waals surface area contributed by atoms with E-state index in [-0.39, 0.29) is 6.10 Å². The van der Waals surface area contributed by atoms with Gasteiger partial charge in [0.15, 0.2) is 5.96 Å². The van der Waals surface area contributed by atoms with Crippen molar-refractivity contribution in [3.05, 3.63) is 58.3 Å². The molecule has 0 bridgehead atoms. The molecule has 2 aromatic rings. The van der Waals surface area contributed by atoms with Gasteiger partial charge in [-0.1, -0.05) is 36.4 Å². The molecule has 2 unspecified atom stereocenters. The second kappa shape index (κ2) is 9.74. The van der Waals surface area contributed by atoms with Gasteiger partial charge in [0.2, 0.25) is 0 Å². The second-order valence-corrected chi connectivity index (χ2v) is 7.73. The summed E-state index contributed by atoms with van der Waals surface area (Å²) in [4.78, 5) is 8.58. The van der Waals surface area contributed by atoms with Crippen LogP contribution in [0, 0.1) is 5.92 Å². The average molecular weight is 372 g/mol. The van der Waals surface area contributed by atoms with Gasteiger partial charge in [-0.25, -0.2) is 0 Å². The fourth-order valence-corrected chi connectivity index (χ4v) is 4.04. The highest BCUT2D eigenvalue weighted by Crippen LogP contribution is 2.34. The van der Waals surface area contributed by atoms with Crippen LogP contribution in [0.2, 0.25) is 0 Å². The van der Waals surface area contributed by atoms with Crippen molar-refractivity contribution < 1.29 is 4.74 Å². The number of aliphatic imine (C=N–C) groups is 1. The Morgan fingerprint density at radius 3 is 2.85 bits per heavy atom. The Kier molecular flexibility index (Phi) is 7.09. The van der Waals surface area contributed by atoms with Crippen molar-refractivity contribution in [2.75, 3.05) is 33.3 Å². The molecule has 0 radical (unpaired) electrons. The van der Waals surface area contributed by atoms with Crippen molar-refractivity contribution in [2.45, 2.75) is 25.9 Å². The summed E-state index contributed by atoms with van der Waals surface area (Å²) in [5, 5.41) is 5.57. The van der Waals surface area contributed by atoms with Crippen molar-refractivity contribution in [3.63, 3.8) is 0 Å². The molecule has 1 N–H and O–H groups in total. The standard InChI is InChI=1S/C21H29N3OS/c1-3-22-21(24(2)13-11-19-10-7-15-26-19)23-16-18-12-14-25-20(18)17-8-5-4-6-9-17/h4-10,15,18,20H,3,11-14,16H2,1-2H3,(H,22,23). The monoisotopic (exact) mass is 371 g/mol. The third kappa shape index (κ3) is 5.08. The van der Waals surface area contributed by atoms with Gasteiger partial charge in [-0.15, -0.1) is 11.3 Å². The van der Waals surface area contributed by atoms with Gasteiger partial charge in [0.05, 0.1) is 6.10 Å². The minimum atomic E-state index is 0.166. The molecule has 0 aliphatic carbocycles. The molecule has 1 aliphatic rings. The maximum absolute atomic E-state index is 6.00. The lowest BCUT2D eigenvalue weighted by molar-refractivity contribution is 0.0925. The predicted molar refractivity (Wildman–Crippen MR) is 110 cm³/mol. The molecule has 5 heteroatoms. The quantitative estimate of drug-likeness (QED) is 0.591. The molecule has 26 heavy (non-hydrogen) atoms. The van der Waals surface area contributed by atoms with Gasteiger partial charge < -0.3 is 15.0 Å². The van der Waals surface area contributed by atoms with Crippen LogP contribution in [-0.2, 0) is 11.2 Å². The molecule has 1 aliphatic heterocycles. The normalized spacial score (nSPS) is 20.3. The molecule has 140 valence electrons. The van der Waals surface area contributed by atoms with Crippen LogP contribution in [0.4, 0.5) is 0 Å². The molecule has 4 nitrogen and oxygen atoms in total. The SMILES string of the molecule is CCNC(=NCC1CCOC1c1ccccc1)N(C)CCc1cccs1. The van der Waals surface area contributed by atoms with Crippen molar-refractivity contribution in [3.8, 4) is 0 Å². The number of guanidine groups is 1. The number of hydrogen-bond donors (Lipinski definition) is 1. The number of hydrogen-bond acceptors (Lipinski definition) is 3. The van der Waals surface area contributed by atoms with Crippen molar-refractivity contribution >= 4 is 17.3 Å². The molecular formula is C21H29N3OS. The highest BCUT2D eigenvalue weighted by atomic mass is 32.1. The number of likely N-dealkylation sites (N-methyl/N-ethyl adjacent to an activating group) is 1. The fraction of sp³-hybridized carbons (Fsp3) is 0.476. The smallest absolute Gasteiger partial charge is 0.193 e. The molecule has 0 spiro atoms. The van der Waals surface area contributed by atoms with Crippen LogP contribution in [-0.4, -0.2) is 44.1 Å². The first-order chi connectivity index (χ1) is 12.8. The number of nitrogens with zero attached hydrogens (tertiary/aromatic N) is 2. The molecule has 1 saturated heterocycles. The van der Waals surface area contributed by atoms with Crippen LogP contribution in [0.1, 0.15) is 29.9 Å². The van der Waals surface area contributed by atoms with Gasteiger partial charge in [-0.3, -0.25) is 4.99 Å². The van der Waals surface area contributed by atoms with Gasteiger partial charge in [0, 0.05) is 44.1 Å². The maximum Gasteiger partial charge on any atom is 0.193 e. The summed E-state index contributed by atoms with van der Waals surface area (Å²) in [7, 11) is 2.12. The molecular weight excluding hydrogens is 342 g/mol. The van der Waals surface area contributed by atoms with E-state index in [4.69, 9.17) is 9.73 Å². The first-order valence-electron chi connectivity index (χ1n) is 9.46. The summed E-state index contributed by atoms with van der Waals surface area (Å²) in [5.74, 6) is 1.43. The molecule has 0 saturated carbocycles. The highest BCUT2D eigenvalue weighted by molar-refractivity contribution is 7.09. The lowest BCUT2D eigenvalue weighted by Gasteiger charge is -2.23. The van der Waals surface area contributed by atoms with Crippen LogP contribution < -0.4 is 5.32 Å². The van der Waals surface area contributed by atoms with E-state index in [1.807, 2.05) is 11.3 Å². The Hall–Kier alpha value is -1.85. The van der Waals surface area contributed by atoms with Crippen LogP contribution in [0.5, 0.6) is 0 Å². The molecule has 1 aromatic heterocycles. The van der Waals surface area contributed by atoms with Gasteiger partial charge >= 0.3 is 0 Å². The van der Waals surface area contributed by atoms with E-state index in [2.05, 4.69) is 72.0 Å². The lowest BCUT2D eigenvalue weighted by Crippen LogP contribution is -2.40. The minimum Gasteiger partial charge on any atom is -0.373 e. The van der Waals surface area contributed by atoms with Gasteiger partial charge in [-0.05, 0) is 36.8 Å². The van der Waals surface area contributed by atoms with Crippen LogP contribution >= 0.6 is 11.3 Å². The number of ether oxygens (including phenoxy) is 1. The summed E-state index contributed by atoms with van der Waals surface area (Å²) in [6.07, 6.45) is 2.29. The highest BCUT2D eigenvalue weighted by Gasteiger charge is 2.29. The zero-order valence-electron chi connectivity index (χ0n) is 15.7. The number of benzene rings is 1. The number of rotatable bonds is 7. The summed E-state index contributed by atoms with van der Waals surface area (Å²) in [6.45, 7) is 5.59. The zero-order chi connectivity index (χ0) is 18.2. The van der Waals surface area contributed by atoms with E-state index in [0.29, 0.717) is 5.92 Å². The second-order valence-electron chi connectivity index (χ2n) is 6.70. The first kappa shape index (κ1) is 18.9. The Balaban J connectivity index is 1.60. The fourth-order valence-electron chi connectivity index (χ4n) is 3.34. The van der Waals surface area contributed by atoms with Crippen molar-refractivity contribution in [1.82, 2.24) is 10.2 Å². The largest absolute Gasteiger partial charge is 0.373 e. The summed E-state index contributed by atoms with van der Waals surface area (Å²) >= 11 is 1.82. The van der Waals surface area contributed by atoms with E-state index in [1.54, 1.807) is 0 Å². The molecule has 0 amide bonds. The van der Waals surface area contributed by atoms with Crippen LogP contribution in [0.3, 0.4) is 0 Å². The van der Waals surface area contributed by atoms with Crippen molar-refractivity contribution in [2.24, 2.45) is 10.9 Å². The predicted octanol–water partition coefficient (Wildman–Crippen LogP) is 3.97.